The molecule has 0 bridgehead atoms. The number of likely N-dealkylation sites (tertiary alicyclic amines) is 1. The molecule has 2 fully saturated rings. The zero-order chi connectivity index (χ0) is 54.7. The van der Waals surface area contributed by atoms with Gasteiger partial charge in [-0.3, -0.25) is 24.0 Å². The third-order valence-corrected chi connectivity index (χ3v) is 15.8. The van der Waals surface area contributed by atoms with E-state index >= 15 is 0 Å². The Balaban J connectivity index is 0.873. The second kappa shape index (κ2) is 26.3. The Morgan fingerprint density at radius 2 is 1.68 bits per heavy atom. The lowest BCUT2D eigenvalue weighted by Crippen LogP contribution is -2.50. The Bertz CT molecular complexity index is 2770. The predicted molar refractivity (Wildman–Crippen MR) is 299 cm³/mol. The fourth-order valence-corrected chi connectivity index (χ4v) is 11.3. The summed E-state index contributed by atoms with van der Waals surface area (Å²) in [4.78, 5) is 80.5. The van der Waals surface area contributed by atoms with Gasteiger partial charge in [-0.15, -0.1) is 11.8 Å². The number of aromatic amines is 1. The zero-order valence-corrected chi connectivity index (χ0v) is 46.5. The van der Waals surface area contributed by atoms with Crippen LogP contribution >= 0.6 is 11.8 Å². The highest BCUT2D eigenvalue weighted by atomic mass is 32.2. The molecule has 3 aliphatic heterocycles. The zero-order valence-electron chi connectivity index (χ0n) is 45.7. The number of ether oxygens (including phenoxy) is 3. The first-order valence-corrected chi connectivity index (χ1v) is 27.6. The Labute approximate surface area is 451 Å². The van der Waals surface area contributed by atoms with Crippen molar-refractivity contribution in [2.45, 2.75) is 119 Å². The first-order chi connectivity index (χ1) is 36.3. The fourth-order valence-electron chi connectivity index (χ4n) is 10.3. The fraction of sp³-hybridized carbons (Fsp3) is 0.517. The van der Waals surface area contributed by atoms with E-state index in [0.717, 1.165) is 75.7 Å². The Morgan fingerprint density at radius 3 is 2.34 bits per heavy atom. The molecule has 18 heteroatoms. The lowest BCUT2D eigenvalue weighted by molar-refractivity contribution is -0.147. The molecule has 2 aromatic heterocycles. The van der Waals surface area contributed by atoms with E-state index in [2.05, 4.69) is 56.0 Å². The highest BCUT2D eigenvalue weighted by molar-refractivity contribution is 8.08. The number of aromatic nitrogens is 2. The van der Waals surface area contributed by atoms with Crippen LogP contribution in [0.25, 0.3) is 16.0 Å². The van der Waals surface area contributed by atoms with Gasteiger partial charge in [0.25, 0.3) is 11.5 Å². The molecule has 3 aliphatic rings. The number of Topliss-reactive ketones (excluding diaryl/α,β-unsaturated/α-hetero) is 1. The number of benzene rings is 2. The molecule has 4 aromatic rings. The van der Waals surface area contributed by atoms with Crippen LogP contribution in [-0.4, -0.2) is 127 Å². The highest BCUT2D eigenvalue weighted by Crippen LogP contribution is 2.37. The Morgan fingerprint density at radius 1 is 0.961 bits per heavy atom. The lowest BCUT2D eigenvalue weighted by atomic mass is 9.77. The van der Waals surface area contributed by atoms with E-state index in [1.165, 1.54) is 9.81 Å². The number of carbonyl (C=O) groups is 4. The third-order valence-electron chi connectivity index (χ3n) is 14.7. The Kier molecular flexibility index (Phi) is 20.0. The molecule has 5 heterocycles. The molecule has 4 atom stereocenters. The van der Waals surface area contributed by atoms with Crippen molar-refractivity contribution in [2.75, 3.05) is 75.4 Å². The minimum absolute atomic E-state index is 0.0126. The molecule has 17 nitrogen and oxygen atoms in total. The number of β-amino-alcohol motifs (C(OH)–C–C–N with tert-alkyl or cyclic N) is 1. The number of ketones is 1. The monoisotopic (exact) mass is 1060 g/mol. The Hall–Kier alpha value is -6.05. The molecule has 0 spiro atoms. The number of amides is 3. The van der Waals surface area contributed by atoms with Gasteiger partial charge in [0.1, 0.15) is 18.5 Å². The van der Waals surface area contributed by atoms with Gasteiger partial charge in [-0.1, -0.05) is 45.0 Å². The standard InChI is InChI=1S/C58H78N8O9S/c1-10-65(44-17-20-73-21-18-44)50-27-43(26-47(37(50)4)54(69)61-31-48-35(2)25-36(3)63-55(48)70)42-15-16-52(60-30-42)59-19-22-74-23-24-75-33-46(68)28-49(58(7,8)9)57(72)66-32-45(67)29-51(66)56(71)64-38(5)40-11-13-41(14-12-40)53-39(6)62-34-76-53/h11-16,25-27,30,38,44-45,49,51,62,67H,10,17-24,28-29,31-34H2,1-9H3,(H,59,60)(H,61,69)(H,63,70)(H,64,71)/t38-,45+,49+,51-/m0/s1. The van der Waals surface area contributed by atoms with Crippen LogP contribution in [0.5, 0.6) is 0 Å². The number of hydrogen-bond donors (Lipinski definition) is 6. The van der Waals surface area contributed by atoms with Crippen LogP contribution in [0.15, 0.2) is 71.3 Å². The van der Waals surface area contributed by atoms with Crippen LogP contribution < -0.4 is 31.7 Å². The number of allylic oxidation sites excluding steroid dienone is 1. The summed E-state index contributed by atoms with van der Waals surface area (Å²) in [6.45, 7) is 20.7. The van der Waals surface area contributed by atoms with E-state index in [9.17, 15) is 29.1 Å². The summed E-state index contributed by atoms with van der Waals surface area (Å²) in [6.07, 6.45) is 2.74. The molecular formula is C58H78N8O9S. The van der Waals surface area contributed by atoms with Gasteiger partial charge in [-0.05, 0) is 118 Å². The second-order valence-electron chi connectivity index (χ2n) is 21.3. The lowest BCUT2D eigenvalue weighted by Gasteiger charge is -2.37. The first kappa shape index (κ1) is 57.7. The van der Waals surface area contributed by atoms with Gasteiger partial charge in [0.15, 0.2) is 5.78 Å². The molecule has 0 unspecified atom stereocenters. The van der Waals surface area contributed by atoms with E-state index in [4.69, 9.17) is 14.2 Å². The van der Waals surface area contributed by atoms with Crippen LogP contribution in [0.2, 0.25) is 0 Å². The van der Waals surface area contributed by atoms with E-state index in [-0.39, 0.29) is 86.9 Å². The molecule has 76 heavy (non-hydrogen) atoms. The molecule has 0 aliphatic carbocycles. The molecule has 410 valence electrons. The summed E-state index contributed by atoms with van der Waals surface area (Å²) in [7, 11) is 0. The van der Waals surface area contributed by atoms with Gasteiger partial charge < -0.3 is 55.4 Å². The number of aryl methyl sites for hydroxylation is 2. The summed E-state index contributed by atoms with van der Waals surface area (Å²) in [5.74, 6) is -0.436. The van der Waals surface area contributed by atoms with Crippen molar-refractivity contribution in [3.05, 3.63) is 116 Å². The number of H-pyrrole nitrogens is 1. The van der Waals surface area contributed by atoms with Gasteiger partial charge in [0, 0.05) is 109 Å². The second-order valence-corrected chi connectivity index (χ2v) is 22.3. The SMILES string of the molecule is CCN(c1cc(-c2ccc(NCCOCCOCC(=O)C[C@H](C(=O)N3C[C@H](O)C[C@H]3C(=O)N[C@@H](C)c3ccc(C4=C(C)NCS4)cc3)C(C)(C)C)nc2)cc(C(=O)NCc2c(C)cc(C)[nH]c2=O)c1C)C1CCOCC1. The van der Waals surface area contributed by atoms with E-state index in [1.54, 1.807) is 18.0 Å². The molecule has 3 amide bonds. The minimum atomic E-state index is -0.867. The topological polar surface area (TPSA) is 217 Å². The summed E-state index contributed by atoms with van der Waals surface area (Å²) >= 11 is 1.76. The summed E-state index contributed by atoms with van der Waals surface area (Å²) in [5.41, 5.74) is 8.51. The predicted octanol–water partition coefficient (Wildman–Crippen LogP) is 7.19. The van der Waals surface area contributed by atoms with Crippen molar-refractivity contribution in [1.29, 1.82) is 0 Å². The maximum Gasteiger partial charge on any atom is 0.253 e. The van der Waals surface area contributed by atoms with E-state index in [0.29, 0.717) is 43.3 Å². The third kappa shape index (κ3) is 14.7. The van der Waals surface area contributed by atoms with Crippen LogP contribution in [0.1, 0.15) is 117 Å². The average Bonchev–Trinajstić information content (AvgIpc) is 4.02. The van der Waals surface area contributed by atoms with Crippen LogP contribution in [0.3, 0.4) is 0 Å². The number of pyridine rings is 2. The molecule has 7 rings (SSSR count). The van der Waals surface area contributed by atoms with Crippen molar-refractivity contribution in [1.82, 2.24) is 30.8 Å². The van der Waals surface area contributed by atoms with Crippen molar-refractivity contribution < 1.29 is 38.5 Å². The van der Waals surface area contributed by atoms with Gasteiger partial charge in [0.05, 0.1) is 37.8 Å². The molecule has 0 saturated carbocycles. The molecule has 6 N–H and O–H groups in total. The number of anilines is 2. The number of nitrogens with zero attached hydrogens (tertiary/aromatic N) is 3. The van der Waals surface area contributed by atoms with Crippen LogP contribution in [0, 0.1) is 32.1 Å². The number of nitrogens with one attached hydrogen (secondary N) is 5. The maximum atomic E-state index is 14.2. The molecule has 2 saturated heterocycles. The number of hydrogen-bond acceptors (Lipinski definition) is 14. The van der Waals surface area contributed by atoms with Crippen LogP contribution in [0.4, 0.5) is 11.5 Å². The maximum absolute atomic E-state index is 14.2. The van der Waals surface area contributed by atoms with Gasteiger partial charge in [-0.2, -0.15) is 0 Å². The smallest absolute Gasteiger partial charge is 0.253 e. The van der Waals surface area contributed by atoms with Crippen molar-refractivity contribution in [2.24, 2.45) is 11.3 Å². The van der Waals surface area contributed by atoms with E-state index in [1.807, 2.05) is 97.0 Å². The number of rotatable bonds is 23. The number of aliphatic hydroxyl groups excluding tert-OH is 1. The molecular weight excluding hydrogens is 985 g/mol. The van der Waals surface area contributed by atoms with Crippen LogP contribution in [-0.2, 0) is 35.1 Å². The summed E-state index contributed by atoms with van der Waals surface area (Å²) < 4.78 is 17.2. The average molecular weight is 1060 g/mol. The van der Waals surface area contributed by atoms with Crippen molar-refractivity contribution >= 4 is 51.7 Å². The summed E-state index contributed by atoms with van der Waals surface area (Å²) in [6, 6.07) is 16.9. The summed E-state index contributed by atoms with van der Waals surface area (Å²) in [5, 5.41) is 23.4. The minimum Gasteiger partial charge on any atom is -0.391 e. The quantitative estimate of drug-likeness (QED) is 0.0406. The van der Waals surface area contributed by atoms with E-state index < -0.39 is 23.5 Å². The normalized spacial score (nSPS) is 17.8. The number of aliphatic hydroxyl groups is 1. The molecule has 0 radical (unpaired) electrons. The van der Waals surface area contributed by atoms with Gasteiger partial charge >= 0.3 is 0 Å². The van der Waals surface area contributed by atoms with Crippen molar-refractivity contribution in [3.8, 4) is 11.1 Å². The first-order valence-electron chi connectivity index (χ1n) is 26.6. The molecule has 2 aromatic carbocycles. The van der Waals surface area contributed by atoms with Crippen molar-refractivity contribution in [3.63, 3.8) is 0 Å². The number of carbonyl (C=O) groups excluding carboxylic acids is 4. The largest absolute Gasteiger partial charge is 0.391 e. The van der Waals surface area contributed by atoms with Gasteiger partial charge in [0.2, 0.25) is 11.8 Å². The van der Waals surface area contributed by atoms with Gasteiger partial charge in [-0.25, -0.2) is 4.98 Å². The number of thioether (sulfide) groups is 1. The highest BCUT2D eigenvalue weighted by Gasteiger charge is 2.44.